The van der Waals surface area contributed by atoms with Crippen molar-refractivity contribution in [1.82, 2.24) is 0 Å². The molecule has 0 aliphatic heterocycles. The Morgan fingerprint density at radius 3 is 1.58 bits per heavy atom. The van der Waals surface area contributed by atoms with Gasteiger partial charge in [-0.3, -0.25) is 4.79 Å². The average molecular weight is 453 g/mol. The van der Waals surface area contributed by atoms with Crippen molar-refractivity contribution in [2.45, 2.75) is 103 Å². The summed E-state index contributed by atoms with van der Waals surface area (Å²) < 4.78 is 5.81. The van der Waals surface area contributed by atoms with Gasteiger partial charge in [-0.05, 0) is 23.5 Å². The Morgan fingerprint density at radius 1 is 0.697 bits per heavy atom. The van der Waals surface area contributed by atoms with Gasteiger partial charge in [0.15, 0.2) is 6.10 Å². The van der Waals surface area contributed by atoms with Crippen LogP contribution >= 0.6 is 0 Å². The fourth-order valence-corrected chi connectivity index (χ4v) is 4.23. The quantitative estimate of drug-likeness (QED) is 0.195. The molecule has 0 bridgehead atoms. The lowest BCUT2D eigenvalue weighted by Crippen LogP contribution is -2.19. The fraction of sp³-hybridized carbons (Fsp3) is 0.567. The normalized spacial score (nSPS) is 12.3. The second-order valence-electron chi connectivity index (χ2n) is 9.70. The molecule has 0 spiro atoms. The molecule has 0 aromatic heterocycles. The maximum atomic E-state index is 12.5. The summed E-state index contributed by atoms with van der Waals surface area (Å²) in [5, 5.41) is 10.3. The summed E-state index contributed by atoms with van der Waals surface area (Å²) in [6.45, 7) is 4.60. The second-order valence-corrected chi connectivity index (χ2v) is 9.70. The first-order valence-corrected chi connectivity index (χ1v) is 13.0. The molecule has 33 heavy (non-hydrogen) atoms. The van der Waals surface area contributed by atoms with Crippen LogP contribution in [0.25, 0.3) is 0 Å². The molecule has 0 fully saturated rings. The molecule has 0 saturated carbocycles. The monoisotopic (exact) mass is 452 g/mol. The van der Waals surface area contributed by atoms with Crippen LogP contribution in [0.3, 0.4) is 0 Å². The minimum absolute atomic E-state index is 0.0482. The summed E-state index contributed by atoms with van der Waals surface area (Å²) >= 11 is 0. The van der Waals surface area contributed by atoms with Crippen LogP contribution < -0.4 is 0 Å². The van der Waals surface area contributed by atoms with Gasteiger partial charge in [0.2, 0.25) is 0 Å². The van der Waals surface area contributed by atoms with Crippen LogP contribution in [0.5, 0.6) is 0 Å². The molecule has 0 unspecified atom stereocenters. The third kappa shape index (κ3) is 12.1. The van der Waals surface area contributed by atoms with Crippen molar-refractivity contribution in [3.63, 3.8) is 0 Å². The maximum absolute atomic E-state index is 12.5. The van der Waals surface area contributed by atoms with Gasteiger partial charge in [-0.15, -0.1) is 0 Å². The van der Waals surface area contributed by atoms with Crippen molar-refractivity contribution in [3.05, 3.63) is 71.8 Å². The predicted octanol–water partition coefficient (Wildman–Crippen LogP) is 8.02. The van der Waals surface area contributed by atoms with Crippen molar-refractivity contribution in [3.8, 4) is 0 Å². The van der Waals surface area contributed by atoms with E-state index < -0.39 is 12.2 Å². The summed E-state index contributed by atoms with van der Waals surface area (Å²) in [5.74, 6) is 0.481. The van der Waals surface area contributed by atoms with Crippen LogP contribution in [0.15, 0.2) is 60.7 Å². The first-order chi connectivity index (χ1) is 16.1. The SMILES string of the molecule is CC(C)CCCCCCCCCCC[C@@H](O)CC(=O)OC(c1ccccc1)c1ccccc1. The molecule has 0 radical (unpaired) electrons. The number of carbonyl (C=O) groups is 1. The van der Waals surface area contributed by atoms with Crippen LogP contribution in [0, 0.1) is 5.92 Å². The highest BCUT2D eigenvalue weighted by Crippen LogP contribution is 2.26. The van der Waals surface area contributed by atoms with Gasteiger partial charge in [0.25, 0.3) is 0 Å². The Hall–Kier alpha value is -2.13. The largest absolute Gasteiger partial charge is 0.452 e. The minimum Gasteiger partial charge on any atom is -0.452 e. The van der Waals surface area contributed by atoms with Crippen molar-refractivity contribution in [2.75, 3.05) is 0 Å². The minimum atomic E-state index is -0.634. The highest BCUT2D eigenvalue weighted by Gasteiger charge is 2.20. The van der Waals surface area contributed by atoms with Gasteiger partial charge < -0.3 is 9.84 Å². The Bertz CT molecular complexity index is 702. The molecule has 0 amide bonds. The van der Waals surface area contributed by atoms with E-state index in [2.05, 4.69) is 13.8 Å². The van der Waals surface area contributed by atoms with Gasteiger partial charge in [-0.1, -0.05) is 139 Å². The molecule has 1 atom stereocenters. The molecule has 0 aliphatic carbocycles. The highest BCUT2D eigenvalue weighted by atomic mass is 16.5. The van der Waals surface area contributed by atoms with E-state index in [4.69, 9.17) is 4.74 Å². The summed E-state index contributed by atoms with van der Waals surface area (Å²) in [6.07, 6.45) is 12.3. The van der Waals surface area contributed by atoms with Gasteiger partial charge in [-0.25, -0.2) is 0 Å². The molecule has 2 aromatic carbocycles. The third-order valence-corrected chi connectivity index (χ3v) is 6.18. The van der Waals surface area contributed by atoms with E-state index >= 15 is 0 Å². The van der Waals surface area contributed by atoms with Gasteiger partial charge >= 0.3 is 5.97 Å². The number of ether oxygens (including phenoxy) is 1. The van der Waals surface area contributed by atoms with Crippen LogP contribution in [-0.4, -0.2) is 17.2 Å². The number of benzene rings is 2. The number of carbonyl (C=O) groups excluding carboxylic acids is 1. The number of unbranched alkanes of at least 4 members (excludes halogenated alkanes) is 8. The topological polar surface area (TPSA) is 46.5 Å². The number of hydrogen-bond acceptors (Lipinski definition) is 3. The second kappa shape index (κ2) is 16.5. The molecular weight excluding hydrogens is 408 g/mol. The lowest BCUT2D eigenvalue weighted by atomic mass is 10.0. The van der Waals surface area contributed by atoms with Crippen LogP contribution in [0.1, 0.15) is 108 Å². The van der Waals surface area contributed by atoms with Crippen LogP contribution in [0.2, 0.25) is 0 Å². The molecule has 2 rings (SSSR count). The molecule has 3 nitrogen and oxygen atoms in total. The third-order valence-electron chi connectivity index (χ3n) is 6.18. The Labute approximate surface area is 201 Å². The number of rotatable bonds is 17. The molecule has 2 aromatic rings. The molecule has 0 heterocycles. The lowest BCUT2D eigenvalue weighted by Gasteiger charge is -2.20. The molecule has 1 N–H and O–H groups in total. The van der Waals surface area contributed by atoms with E-state index in [0.717, 1.165) is 29.9 Å². The van der Waals surface area contributed by atoms with E-state index in [-0.39, 0.29) is 12.4 Å². The summed E-state index contributed by atoms with van der Waals surface area (Å²) in [6, 6.07) is 19.5. The summed E-state index contributed by atoms with van der Waals surface area (Å²) in [5.41, 5.74) is 1.87. The van der Waals surface area contributed by atoms with Crippen LogP contribution in [-0.2, 0) is 9.53 Å². The standard InChI is InChI=1S/C30H44O3/c1-25(2)18-12-8-6-4-3-5-7-9-17-23-28(31)24-29(32)33-30(26-19-13-10-14-20-26)27-21-15-11-16-22-27/h10-11,13-16,19-22,25,28,30-31H,3-9,12,17-18,23-24H2,1-2H3/t28-/m1/s1. The van der Waals surface area contributed by atoms with Crippen molar-refractivity contribution in [2.24, 2.45) is 5.92 Å². The first-order valence-electron chi connectivity index (χ1n) is 13.0. The zero-order chi connectivity index (χ0) is 23.7. The summed E-state index contributed by atoms with van der Waals surface area (Å²) in [7, 11) is 0. The van der Waals surface area contributed by atoms with Gasteiger partial charge in [0.1, 0.15) is 0 Å². The van der Waals surface area contributed by atoms with Crippen molar-refractivity contribution < 1.29 is 14.6 Å². The van der Waals surface area contributed by atoms with E-state index in [1.54, 1.807) is 0 Å². The highest BCUT2D eigenvalue weighted by molar-refractivity contribution is 5.70. The number of aliphatic hydroxyl groups is 1. The number of hydrogen-bond donors (Lipinski definition) is 1. The maximum Gasteiger partial charge on any atom is 0.309 e. The average Bonchev–Trinajstić information content (AvgIpc) is 2.82. The predicted molar refractivity (Wildman–Crippen MR) is 137 cm³/mol. The molecule has 182 valence electrons. The summed E-state index contributed by atoms with van der Waals surface area (Å²) in [4.78, 5) is 12.5. The van der Waals surface area contributed by atoms with Crippen molar-refractivity contribution in [1.29, 1.82) is 0 Å². The Balaban J connectivity index is 1.60. The van der Waals surface area contributed by atoms with E-state index in [1.807, 2.05) is 60.7 Å². The molecular formula is C30H44O3. The lowest BCUT2D eigenvalue weighted by molar-refractivity contribution is -0.149. The van der Waals surface area contributed by atoms with Gasteiger partial charge in [-0.2, -0.15) is 0 Å². The zero-order valence-electron chi connectivity index (χ0n) is 20.8. The number of aliphatic hydroxyl groups excluding tert-OH is 1. The first kappa shape index (κ1) is 27.1. The Morgan fingerprint density at radius 2 is 1.12 bits per heavy atom. The van der Waals surface area contributed by atoms with Gasteiger partial charge in [0, 0.05) is 0 Å². The Kier molecular flexibility index (Phi) is 13.5. The molecule has 0 saturated heterocycles. The van der Waals surface area contributed by atoms with Gasteiger partial charge in [0.05, 0.1) is 12.5 Å². The zero-order valence-corrected chi connectivity index (χ0v) is 20.8. The van der Waals surface area contributed by atoms with Crippen LogP contribution in [0.4, 0.5) is 0 Å². The van der Waals surface area contributed by atoms with Crippen molar-refractivity contribution >= 4 is 5.97 Å². The fourth-order valence-electron chi connectivity index (χ4n) is 4.23. The van der Waals surface area contributed by atoms with E-state index in [9.17, 15) is 9.90 Å². The molecule has 0 aliphatic rings. The molecule has 3 heteroatoms. The number of esters is 1. The van der Waals surface area contributed by atoms with E-state index in [1.165, 1.54) is 51.4 Å². The smallest absolute Gasteiger partial charge is 0.309 e. The van der Waals surface area contributed by atoms with E-state index in [0.29, 0.717) is 6.42 Å².